The molecule has 2 nitrogen and oxygen atoms in total. The maximum atomic E-state index is 8.36. The van der Waals surface area contributed by atoms with Crippen molar-refractivity contribution in [3.05, 3.63) is 0 Å². The molecule has 0 saturated heterocycles. The Morgan fingerprint density at radius 2 is 1.75 bits per heavy atom. The molecule has 0 aliphatic heterocycles. The molecule has 4 heavy (non-hydrogen) atoms. The first kappa shape index (κ1) is 8.99. The van der Waals surface area contributed by atoms with Crippen LogP contribution in [0.2, 0.25) is 0 Å². The summed E-state index contributed by atoms with van der Waals surface area (Å²) in [6.45, 7) is -0.250. The van der Waals surface area contributed by atoms with Gasteiger partial charge in [-0.2, -0.15) is 0 Å². The third-order valence-corrected chi connectivity index (χ3v) is 0. The largest absolute Gasteiger partial charge is 0.483 e. The molecule has 0 aromatic rings. The first-order chi connectivity index (χ1) is 1.41. The Hall–Kier alpha value is 1.28. The predicted octanol–water partition coefficient (Wildman–Crippen LogP) is -0.680. The zero-order valence-corrected chi connectivity index (χ0v) is 7.35. The van der Waals surface area contributed by atoms with Gasteiger partial charge in [0.15, 0.2) is 0 Å². The zero-order valence-electron chi connectivity index (χ0n) is 2.43. The summed E-state index contributed by atoms with van der Waals surface area (Å²) in [4.78, 5) is 8.36. The molecule has 0 bridgehead atoms. The number of carbonyl (C=O) groups is 1. The van der Waals surface area contributed by atoms with Crippen LogP contribution in [0.4, 0.5) is 0 Å². The van der Waals surface area contributed by atoms with E-state index in [-0.39, 0.29) is 64.7 Å². The van der Waals surface area contributed by atoms with Crippen LogP contribution in [-0.2, 0) is 4.79 Å². The normalized spacial score (nSPS) is 3.00. The molecule has 0 unspecified atom stereocenters. The fourth-order valence-corrected chi connectivity index (χ4v) is 0. The number of rotatable bonds is 0. The monoisotopic (exact) mass is 131 g/mol. The molecule has 0 fully saturated rings. The van der Waals surface area contributed by atoms with Gasteiger partial charge in [-0.25, -0.2) is 0 Å². The smallest absolute Gasteiger partial charge is 0.290 e. The Kier molecular flexibility index (Phi) is 19.9. The fraction of sp³-hybridized carbons (Fsp3) is 0. The molecular formula is CH2O2Rb. The minimum absolute atomic E-state index is 0. The van der Waals surface area contributed by atoms with Crippen molar-refractivity contribution in [2.24, 2.45) is 0 Å². The molecule has 0 aromatic carbocycles. The second-order valence-electron chi connectivity index (χ2n) is 0.105. The van der Waals surface area contributed by atoms with Crippen LogP contribution in [0.1, 0.15) is 0 Å². The van der Waals surface area contributed by atoms with E-state index in [1.54, 1.807) is 0 Å². The number of hydrogen-bond donors (Lipinski definition) is 1. The van der Waals surface area contributed by atoms with Crippen LogP contribution >= 0.6 is 0 Å². The Balaban J connectivity index is 0. The molecule has 0 spiro atoms. The summed E-state index contributed by atoms with van der Waals surface area (Å²) in [5, 5.41) is 6.89. The minimum atomic E-state index is -0.250. The maximum Gasteiger partial charge on any atom is 0.290 e. The van der Waals surface area contributed by atoms with Gasteiger partial charge < -0.3 is 5.11 Å². The summed E-state index contributed by atoms with van der Waals surface area (Å²) in [5.41, 5.74) is 0. The van der Waals surface area contributed by atoms with E-state index in [1.807, 2.05) is 0 Å². The summed E-state index contributed by atoms with van der Waals surface area (Å²) < 4.78 is 0. The molecule has 0 aromatic heterocycles. The van der Waals surface area contributed by atoms with Crippen molar-refractivity contribution in [3.8, 4) is 0 Å². The first-order valence-corrected chi connectivity index (χ1v) is 0.494. The van der Waals surface area contributed by atoms with Crippen LogP contribution < -0.4 is 0 Å². The van der Waals surface area contributed by atoms with Gasteiger partial charge >= 0.3 is 0 Å². The minimum Gasteiger partial charge on any atom is -0.483 e. The standard InChI is InChI=1S/CH2O2.Rb/c2-1-3;/h1H,(H,2,3);. The summed E-state index contributed by atoms with van der Waals surface area (Å²) in [6.07, 6.45) is 0. The van der Waals surface area contributed by atoms with Gasteiger partial charge in [-0.15, -0.1) is 0 Å². The van der Waals surface area contributed by atoms with E-state index in [0.29, 0.717) is 0 Å². The summed E-state index contributed by atoms with van der Waals surface area (Å²) in [5.74, 6) is 0. The maximum absolute atomic E-state index is 8.36. The van der Waals surface area contributed by atoms with Gasteiger partial charge in [-0.1, -0.05) is 0 Å². The van der Waals surface area contributed by atoms with E-state index in [4.69, 9.17) is 9.90 Å². The van der Waals surface area contributed by atoms with Crippen LogP contribution in [0.5, 0.6) is 0 Å². The summed E-state index contributed by atoms with van der Waals surface area (Å²) >= 11 is 0. The molecule has 0 amide bonds. The van der Waals surface area contributed by atoms with Crippen molar-refractivity contribution in [1.82, 2.24) is 0 Å². The average Bonchev–Trinajstić information content (AvgIpc) is 0.918. The molecule has 0 heterocycles. The molecule has 0 atom stereocenters. The Morgan fingerprint density at radius 3 is 1.75 bits per heavy atom. The van der Waals surface area contributed by atoms with Crippen LogP contribution in [0.15, 0.2) is 0 Å². The predicted molar refractivity (Wildman–Crippen MR) is 14.4 cm³/mol. The molecule has 0 rings (SSSR count). The fourth-order valence-electron chi connectivity index (χ4n) is 0. The van der Waals surface area contributed by atoms with E-state index >= 15 is 0 Å². The van der Waals surface area contributed by atoms with Crippen molar-refractivity contribution in [3.63, 3.8) is 0 Å². The van der Waals surface area contributed by atoms with Gasteiger partial charge in [-0.3, -0.25) is 4.79 Å². The Bertz CT molecular complexity index is 13.5. The van der Waals surface area contributed by atoms with E-state index in [1.165, 1.54) is 0 Å². The van der Waals surface area contributed by atoms with Crippen LogP contribution in [0, 0.1) is 0 Å². The zero-order chi connectivity index (χ0) is 2.71. The van der Waals surface area contributed by atoms with E-state index in [0.717, 1.165) is 0 Å². The third-order valence-electron chi connectivity index (χ3n) is 0. The second-order valence-corrected chi connectivity index (χ2v) is 0.105. The van der Waals surface area contributed by atoms with Gasteiger partial charge in [0.05, 0.1) is 0 Å². The van der Waals surface area contributed by atoms with Crippen LogP contribution in [0.25, 0.3) is 0 Å². The molecule has 0 aliphatic rings. The quantitative estimate of drug-likeness (QED) is 0.443. The Labute approximate surface area is 73.0 Å². The van der Waals surface area contributed by atoms with Gasteiger partial charge in [0.2, 0.25) is 0 Å². The van der Waals surface area contributed by atoms with E-state index in [2.05, 4.69) is 0 Å². The first-order valence-electron chi connectivity index (χ1n) is 0.494. The van der Waals surface area contributed by atoms with Crippen molar-refractivity contribution in [2.75, 3.05) is 0 Å². The average molecular weight is 131 g/mol. The summed E-state index contributed by atoms with van der Waals surface area (Å²) in [7, 11) is 0. The number of hydrogen-bond acceptors (Lipinski definition) is 1. The Morgan fingerprint density at radius 1 is 1.75 bits per heavy atom. The van der Waals surface area contributed by atoms with Gasteiger partial charge in [0, 0.05) is 58.2 Å². The van der Waals surface area contributed by atoms with Crippen molar-refractivity contribution < 1.29 is 9.90 Å². The van der Waals surface area contributed by atoms with Gasteiger partial charge in [0.25, 0.3) is 6.47 Å². The van der Waals surface area contributed by atoms with Crippen molar-refractivity contribution >= 4 is 64.7 Å². The molecule has 1 N–H and O–H groups in total. The van der Waals surface area contributed by atoms with Crippen LogP contribution in [-0.4, -0.2) is 69.8 Å². The summed E-state index contributed by atoms with van der Waals surface area (Å²) in [6, 6.07) is 0. The molecule has 1 radical (unpaired) electrons. The van der Waals surface area contributed by atoms with E-state index < -0.39 is 0 Å². The third kappa shape index (κ3) is 10.4. The topological polar surface area (TPSA) is 37.3 Å². The van der Waals surface area contributed by atoms with Gasteiger partial charge in [-0.05, 0) is 0 Å². The molecule has 3 heteroatoms. The molecular weight excluding hydrogens is 129 g/mol. The molecule has 0 aliphatic carbocycles. The SMILES string of the molecule is O=CO.[Rb]. The van der Waals surface area contributed by atoms with Crippen molar-refractivity contribution in [2.45, 2.75) is 0 Å². The molecule has 0 saturated carbocycles. The second kappa shape index (κ2) is 8.86. The molecule has 19 valence electrons. The number of carboxylic acid groups (broad SMARTS) is 1. The van der Waals surface area contributed by atoms with E-state index in [9.17, 15) is 0 Å². The van der Waals surface area contributed by atoms with Crippen LogP contribution in [0.3, 0.4) is 0 Å². The van der Waals surface area contributed by atoms with Gasteiger partial charge in [0.1, 0.15) is 0 Å². The van der Waals surface area contributed by atoms with Crippen molar-refractivity contribution in [1.29, 1.82) is 0 Å².